The number of carbonyl (C=O) groups is 1. The number of benzene rings is 3. The zero-order valence-corrected chi connectivity index (χ0v) is 21.1. The van der Waals surface area contributed by atoms with Gasteiger partial charge in [0.05, 0.1) is 10.6 Å². The van der Waals surface area contributed by atoms with Gasteiger partial charge in [-0.3, -0.25) is 4.72 Å². The Morgan fingerprint density at radius 1 is 1.00 bits per heavy atom. The van der Waals surface area contributed by atoms with Gasteiger partial charge in [0.25, 0.3) is 10.0 Å². The molecule has 0 fully saturated rings. The summed E-state index contributed by atoms with van der Waals surface area (Å²) in [5, 5.41) is 0. The number of anilines is 1. The monoisotopic (exact) mass is 480 g/mol. The van der Waals surface area contributed by atoms with Crippen LogP contribution in [0.25, 0.3) is 0 Å². The van der Waals surface area contributed by atoms with E-state index in [1.54, 1.807) is 24.3 Å². The van der Waals surface area contributed by atoms with Crippen molar-refractivity contribution in [2.24, 2.45) is 5.73 Å². The predicted octanol–water partition coefficient (Wildman–Crippen LogP) is 5.96. The Bertz CT molecular complexity index is 1280. The molecule has 6 nitrogen and oxygen atoms in total. The zero-order chi connectivity index (χ0) is 25.1. The van der Waals surface area contributed by atoms with Crippen LogP contribution in [0.3, 0.4) is 0 Å². The lowest BCUT2D eigenvalue weighted by molar-refractivity contribution is 0.209. The number of carbonyl (C=O) groups excluding carboxylic acids is 1. The van der Waals surface area contributed by atoms with Crippen molar-refractivity contribution in [2.45, 2.75) is 57.3 Å². The Morgan fingerprint density at radius 2 is 1.62 bits per heavy atom. The number of ether oxygens (including phenoxy) is 1. The fourth-order valence-electron chi connectivity index (χ4n) is 3.77. The number of para-hydroxylation sites is 1. The molecule has 0 aromatic heterocycles. The molecule has 3 aromatic rings. The highest BCUT2D eigenvalue weighted by molar-refractivity contribution is 7.92. The number of amides is 1. The minimum absolute atomic E-state index is 0.101. The van der Waals surface area contributed by atoms with Crippen molar-refractivity contribution in [3.05, 3.63) is 89.0 Å². The Labute approximate surface area is 202 Å². The molecular formula is C27H32N2O4S. The summed E-state index contributed by atoms with van der Waals surface area (Å²) in [7, 11) is -3.93. The van der Waals surface area contributed by atoms with Gasteiger partial charge in [0.2, 0.25) is 0 Å². The van der Waals surface area contributed by atoms with Gasteiger partial charge >= 0.3 is 6.09 Å². The van der Waals surface area contributed by atoms with Crippen LogP contribution in [0.2, 0.25) is 0 Å². The number of hydrogen-bond donors (Lipinski definition) is 2. The Morgan fingerprint density at radius 3 is 2.21 bits per heavy atom. The van der Waals surface area contributed by atoms with Crippen LogP contribution >= 0.6 is 0 Å². The molecule has 7 heteroatoms. The second kappa shape index (κ2) is 9.89. The van der Waals surface area contributed by atoms with E-state index in [1.807, 2.05) is 77.1 Å². The van der Waals surface area contributed by atoms with Gasteiger partial charge in [0, 0.05) is 5.56 Å². The van der Waals surface area contributed by atoms with E-state index < -0.39 is 21.5 Å². The number of rotatable bonds is 7. The third-order valence-corrected chi connectivity index (χ3v) is 6.88. The van der Waals surface area contributed by atoms with Crippen LogP contribution in [0.1, 0.15) is 62.8 Å². The second-order valence-corrected chi connectivity index (χ2v) is 11.3. The van der Waals surface area contributed by atoms with Crippen molar-refractivity contribution in [2.75, 3.05) is 4.72 Å². The molecule has 0 saturated carbocycles. The number of sulfonamides is 1. The first-order valence-corrected chi connectivity index (χ1v) is 12.7. The summed E-state index contributed by atoms with van der Waals surface area (Å²) in [6.45, 7) is 9.61. The first kappa shape index (κ1) is 25.3. The highest BCUT2D eigenvalue weighted by Crippen LogP contribution is 2.40. The van der Waals surface area contributed by atoms with E-state index in [0.29, 0.717) is 29.0 Å². The third-order valence-electron chi connectivity index (χ3n) is 5.53. The van der Waals surface area contributed by atoms with Gasteiger partial charge in [-0.2, -0.15) is 0 Å². The lowest BCUT2D eigenvalue weighted by Crippen LogP contribution is -2.23. The minimum Gasteiger partial charge on any atom is -0.410 e. The van der Waals surface area contributed by atoms with Crippen LogP contribution in [-0.2, 0) is 21.9 Å². The summed E-state index contributed by atoms with van der Waals surface area (Å²) in [4.78, 5) is 11.7. The van der Waals surface area contributed by atoms with E-state index in [9.17, 15) is 13.2 Å². The maximum Gasteiger partial charge on any atom is 0.409 e. The maximum absolute atomic E-state index is 13.6. The molecule has 3 N–H and O–H groups in total. The topological polar surface area (TPSA) is 98.5 Å². The van der Waals surface area contributed by atoms with Crippen LogP contribution in [0.5, 0.6) is 5.75 Å². The Hall–Kier alpha value is -3.32. The van der Waals surface area contributed by atoms with Crippen LogP contribution in [0.15, 0.2) is 71.6 Å². The first-order chi connectivity index (χ1) is 15.9. The molecule has 0 unspecified atom stereocenters. The number of nitrogens with one attached hydrogen (secondary N) is 1. The smallest absolute Gasteiger partial charge is 0.409 e. The molecule has 0 aliphatic carbocycles. The van der Waals surface area contributed by atoms with Gasteiger partial charge in [0.1, 0.15) is 5.75 Å². The molecule has 3 aromatic carbocycles. The quantitative estimate of drug-likeness (QED) is 0.436. The number of primary amides is 1. The van der Waals surface area contributed by atoms with Gasteiger partial charge in [-0.25, -0.2) is 13.2 Å². The van der Waals surface area contributed by atoms with Crippen LogP contribution < -0.4 is 15.2 Å². The molecule has 34 heavy (non-hydrogen) atoms. The predicted molar refractivity (Wildman–Crippen MR) is 136 cm³/mol. The zero-order valence-electron chi connectivity index (χ0n) is 20.3. The minimum atomic E-state index is -3.93. The molecular weight excluding hydrogens is 448 g/mol. The van der Waals surface area contributed by atoms with Gasteiger partial charge in [-0.1, -0.05) is 83.1 Å². The van der Waals surface area contributed by atoms with Gasteiger partial charge in [-0.05, 0) is 52.6 Å². The average molecular weight is 481 g/mol. The summed E-state index contributed by atoms with van der Waals surface area (Å²) >= 11 is 0. The van der Waals surface area contributed by atoms with Gasteiger partial charge in [-0.15, -0.1) is 0 Å². The van der Waals surface area contributed by atoms with Crippen molar-refractivity contribution < 1.29 is 17.9 Å². The molecule has 180 valence electrons. The van der Waals surface area contributed by atoms with Crippen LogP contribution in [0.4, 0.5) is 10.5 Å². The number of nitrogens with two attached hydrogens (primary N) is 1. The molecule has 0 spiro atoms. The molecule has 1 amide bonds. The van der Waals surface area contributed by atoms with Crippen molar-refractivity contribution in [3.8, 4) is 5.75 Å². The van der Waals surface area contributed by atoms with Gasteiger partial charge in [0.15, 0.2) is 0 Å². The molecule has 0 radical (unpaired) electrons. The largest absolute Gasteiger partial charge is 0.410 e. The van der Waals surface area contributed by atoms with Crippen molar-refractivity contribution in [1.82, 2.24) is 0 Å². The van der Waals surface area contributed by atoms with E-state index in [-0.39, 0.29) is 10.8 Å². The fraction of sp³-hybridized carbons (Fsp3) is 0.296. The van der Waals surface area contributed by atoms with E-state index in [1.165, 1.54) is 0 Å². The molecule has 0 atom stereocenters. The highest BCUT2D eigenvalue weighted by Gasteiger charge is 2.28. The normalized spacial score (nSPS) is 11.9. The van der Waals surface area contributed by atoms with E-state index in [4.69, 9.17) is 10.5 Å². The molecule has 0 bridgehead atoms. The molecule has 3 rings (SSSR count). The average Bonchev–Trinajstić information content (AvgIpc) is 2.74. The summed E-state index contributed by atoms with van der Waals surface area (Å²) in [5.74, 6) is 0.217. The van der Waals surface area contributed by atoms with Crippen LogP contribution in [0, 0.1) is 0 Å². The van der Waals surface area contributed by atoms with E-state index >= 15 is 0 Å². The standard InChI is InChI=1S/C27H32N2O4S/c1-18(2)22-16-21(17-23(27(3,4)5)25(22)33-26(28)30)34(31,32)29-24-14-10-9-13-20(24)15-19-11-7-6-8-12-19/h6-14,16-18,29H,15H2,1-5H3,(H2,28,30). The summed E-state index contributed by atoms with van der Waals surface area (Å²) < 4.78 is 35.2. The van der Waals surface area contributed by atoms with Crippen molar-refractivity contribution in [1.29, 1.82) is 0 Å². The summed E-state index contributed by atoms with van der Waals surface area (Å²) in [5.41, 5.74) is 8.49. The first-order valence-electron chi connectivity index (χ1n) is 11.2. The second-order valence-electron chi connectivity index (χ2n) is 9.64. The SMILES string of the molecule is CC(C)c1cc(S(=O)(=O)Nc2ccccc2Cc2ccccc2)cc(C(C)(C)C)c1OC(N)=O. The van der Waals surface area contributed by atoms with Crippen molar-refractivity contribution >= 4 is 21.8 Å². The van der Waals surface area contributed by atoms with Crippen molar-refractivity contribution in [3.63, 3.8) is 0 Å². The highest BCUT2D eigenvalue weighted by atomic mass is 32.2. The molecule has 0 aliphatic heterocycles. The molecule has 0 saturated heterocycles. The maximum atomic E-state index is 13.6. The van der Waals surface area contributed by atoms with E-state index in [2.05, 4.69) is 4.72 Å². The van der Waals surface area contributed by atoms with E-state index in [0.717, 1.165) is 11.1 Å². The lowest BCUT2D eigenvalue weighted by Gasteiger charge is -2.26. The Kier molecular flexibility index (Phi) is 7.36. The summed E-state index contributed by atoms with van der Waals surface area (Å²) in [6, 6.07) is 20.4. The fourth-order valence-corrected chi connectivity index (χ4v) is 4.93. The molecule has 0 heterocycles. The third kappa shape index (κ3) is 5.97. The number of hydrogen-bond acceptors (Lipinski definition) is 4. The Balaban J connectivity index is 2.08. The summed E-state index contributed by atoms with van der Waals surface area (Å²) in [6.07, 6.45) is -0.342. The van der Waals surface area contributed by atoms with Gasteiger partial charge < -0.3 is 10.5 Å². The van der Waals surface area contributed by atoms with Crippen LogP contribution in [-0.4, -0.2) is 14.5 Å². The molecule has 0 aliphatic rings. The lowest BCUT2D eigenvalue weighted by atomic mass is 9.83.